The number of amides is 1. The molecular weight excluding hydrogens is 398 g/mol. The second kappa shape index (κ2) is 9.79. The summed E-state index contributed by atoms with van der Waals surface area (Å²) in [6, 6.07) is 9.88. The molecule has 0 unspecified atom stereocenters. The van der Waals surface area contributed by atoms with Crippen molar-refractivity contribution in [1.29, 1.82) is 0 Å². The molecule has 1 heterocycles. The molecule has 0 radical (unpaired) electrons. The Balaban J connectivity index is 1.27. The summed E-state index contributed by atoms with van der Waals surface area (Å²) in [7, 11) is -3.35. The summed E-state index contributed by atoms with van der Waals surface area (Å²) in [5.41, 5.74) is 0.804. The number of sulfonamides is 1. The number of benzene rings is 1. The Morgan fingerprint density at radius 2 is 1.60 bits per heavy atom. The highest BCUT2D eigenvalue weighted by atomic mass is 32.2. The van der Waals surface area contributed by atoms with E-state index in [1.807, 2.05) is 35.2 Å². The SMILES string of the molecule is O=C(CN(CC1CCCCC1)C1CC1)N1CCN(S(=O)(=O)Cc2ccccc2)CC1. The second-order valence-corrected chi connectivity index (χ2v) is 11.2. The molecule has 0 aromatic heterocycles. The van der Waals surface area contributed by atoms with E-state index in [-0.39, 0.29) is 11.7 Å². The molecule has 6 nitrogen and oxygen atoms in total. The molecule has 0 spiro atoms. The first kappa shape index (κ1) is 21.8. The van der Waals surface area contributed by atoms with Crippen molar-refractivity contribution in [3.8, 4) is 0 Å². The molecule has 3 fully saturated rings. The van der Waals surface area contributed by atoms with Crippen LogP contribution in [0.25, 0.3) is 0 Å². The van der Waals surface area contributed by atoms with Crippen LogP contribution in [0.4, 0.5) is 0 Å². The first-order chi connectivity index (χ1) is 14.5. The zero-order valence-corrected chi connectivity index (χ0v) is 18.7. The third kappa shape index (κ3) is 5.83. The molecule has 166 valence electrons. The normalized spacial score (nSPS) is 21.8. The third-order valence-corrected chi connectivity index (χ3v) is 8.65. The Morgan fingerprint density at radius 1 is 0.933 bits per heavy atom. The lowest BCUT2D eigenvalue weighted by molar-refractivity contribution is -0.134. The topological polar surface area (TPSA) is 60.9 Å². The molecule has 1 aromatic rings. The van der Waals surface area contributed by atoms with Crippen molar-refractivity contribution in [2.75, 3.05) is 39.3 Å². The Hall–Kier alpha value is -1.44. The maximum absolute atomic E-state index is 12.9. The molecule has 1 aromatic carbocycles. The average Bonchev–Trinajstić information content (AvgIpc) is 3.60. The summed E-state index contributed by atoms with van der Waals surface area (Å²) >= 11 is 0. The van der Waals surface area contributed by atoms with Gasteiger partial charge in [0.25, 0.3) is 0 Å². The van der Waals surface area contributed by atoms with Gasteiger partial charge in [-0.1, -0.05) is 49.6 Å². The van der Waals surface area contributed by atoms with Crippen molar-refractivity contribution in [2.45, 2.75) is 56.7 Å². The summed E-state index contributed by atoms with van der Waals surface area (Å²) in [5.74, 6) is 0.934. The van der Waals surface area contributed by atoms with E-state index < -0.39 is 10.0 Å². The van der Waals surface area contributed by atoms with Crippen LogP contribution in [0, 0.1) is 5.92 Å². The molecule has 1 aliphatic heterocycles. The van der Waals surface area contributed by atoms with E-state index in [2.05, 4.69) is 4.90 Å². The van der Waals surface area contributed by atoms with Gasteiger partial charge in [0.1, 0.15) is 0 Å². The minimum atomic E-state index is -3.35. The Morgan fingerprint density at radius 3 is 2.23 bits per heavy atom. The van der Waals surface area contributed by atoms with Crippen molar-refractivity contribution in [1.82, 2.24) is 14.1 Å². The van der Waals surface area contributed by atoms with Gasteiger partial charge in [0.2, 0.25) is 15.9 Å². The number of carbonyl (C=O) groups is 1. The molecule has 7 heteroatoms. The number of rotatable bonds is 8. The van der Waals surface area contributed by atoms with E-state index in [9.17, 15) is 13.2 Å². The standard InChI is InChI=1S/C23H35N3O3S/c27-23(18-25(22-11-12-22)17-20-7-3-1-4-8-20)24-13-15-26(16-14-24)30(28,29)19-21-9-5-2-6-10-21/h2,5-6,9-10,20,22H,1,3-4,7-8,11-19H2. The molecule has 30 heavy (non-hydrogen) atoms. The first-order valence-electron chi connectivity index (χ1n) is 11.5. The molecule has 0 atom stereocenters. The highest BCUT2D eigenvalue weighted by molar-refractivity contribution is 7.88. The fourth-order valence-electron chi connectivity index (χ4n) is 4.85. The predicted molar refractivity (Wildman–Crippen MR) is 118 cm³/mol. The van der Waals surface area contributed by atoms with Crippen molar-refractivity contribution >= 4 is 15.9 Å². The van der Waals surface area contributed by atoms with Crippen molar-refractivity contribution in [2.24, 2.45) is 5.92 Å². The third-order valence-electron chi connectivity index (χ3n) is 6.80. The quantitative estimate of drug-likeness (QED) is 0.632. The first-order valence-corrected chi connectivity index (χ1v) is 13.2. The van der Waals surface area contributed by atoms with Crippen LogP contribution in [-0.2, 0) is 20.6 Å². The summed E-state index contributed by atoms with van der Waals surface area (Å²) in [6.07, 6.45) is 9.05. The fourth-order valence-corrected chi connectivity index (χ4v) is 6.37. The monoisotopic (exact) mass is 433 g/mol. The molecule has 2 saturated carbocycles. The van der Waals surface area contributed by atoms with E-state index in [1.54, 1.807) is 4.31 Å². The van der Waals surface area contributed by atoms with Gasteiger partial charge >= 0.3 is 0 Å². The van der Waals surface area contributed by atoms with Gasteiger partial charge in [-0.2, -0.15) is 4.31 Å². The largest absolute Gasteiger partial charge is 0.339 e. The maximum atomic E-state index is 12.9. The number of hydrogen-bond donors (Lipinski definition) is 0. The fraction of sp³-hybridized carbons (Fsp3) is 0.696. The molecule has 4 rings (SSSR count). The average molecular weight is 434 g/mol. The minimum Gasteiger partial charge on any atom is -0.339 e. The minimum absolute atomic E-state index is 0.0264. The van der Waals surface area contributed by atoms with Gasteiger partial charge in [-0.3, -0.25) is 9.69 Å². The zero-order valence-electron chi connectivity index (χ0n) is 17.9. The van der Waals surface area contributed by atoms with Gasteiger partial charge in [0, 0.05) is 38.8 Å². The van der Waals surface area contributed by atoms with E-state index in [0.717, 1.165) is 18.0 Å². The van der Waals surface area contributed by atoms with Crippen LogP contribution in [0.1, 0.15) is 50.5 Å². The van der Waals surface area contributed by atoms with E-state index in [4.69, 9.17) is 0 Å². The second-order valence-electron chi connectivity index (χ2n) is 9.19. The van der Waals surface area contributed by atoms with Gasteiger partial charge in [-0.15, -0.1) is 0 Å². The Bertz CT molecular complexity index is 796. The molecule has 0 bridgehead atoms. The number of nitrogens with zero attached hydrogens (tertiary/aromatic N) is 3. The highest BCUT2D eigenvalue weighted by Gasteiger charge is 2.34. The number of carbonyl (C=O) groups excluding carboxylic acids is 1. The number of hydrogen-bond acceptors (Lipinski definition) is 4. The lowest BCUT2D eigenvalue weighted by Crippen LogP contribution is -2.53. The van der Waals surface area contributed by atoms with Gasteiger partial charge in [-0.25, -0.2) is 8.42 Å². The molecular formula is C23H35N3O3S. The van der Waals surface area contributed by atoms with Crippen LogP contribution < -0.4 is 0 Å². The van der Waals surface area contributed by atoms with Gasteiger partial charge < -0.3 is 4.90 Å². The molecule has 1 saturated heterocycles. The Kier molecular flexibility index (Phi) is 7.11. The predicted octanol–water partition coefficient (Wildman–Crippen LogP) is 2.71. The molecule has 0 N–H and O–H groups in total. The van der Waals surface area contributed by atoms with Crippen LogP contribution in [0.3, 0.4) is 0 Å². The zero-order chi connectivity index (χ0) is 21.0. The van der Waals surface area contributed by atoms with Crippen LogP contribution >= 0.6 is 0 Å². The van der Waals surface area contributed by atoms with E-state index in [1.165, 1.54) is 44.9 Å². The van der Waals surface area contributed by atoms with Crippen molar-refractivity contribution < 1.29 is 13.2 Å². The molecule has 1 amide bonds. The Labute approximate surface area is 181 Å². The summed E-state index contributed by atoms with van der Waals surface area (Å²) in [4.78, 5) is 17.2. The summed E-state index contributed by atoms with van der Waals surface area (Å²) in [6.45, 7) is 3.34. The van der Waals surface area contributed by atoms with Crippen LogP contribution in [0.15, 0.2) is 30.3 Å². The van der Waals surface area contributed by atoms with E-state index >= 15 is 0 Å². The highest BCUT2D eigenvalue weighted by Crippen LogP contribution is 2.31. The summed E-state index contributed by atoms with van der Waals surface area (Å²) in [5, 5.41) is 0. The lowest BCUT2D eigenvalue weighted by Gasteiger charge is -2.36. The van der Waals surface area contributed by atoms with Gasteiger partial charge in [0.15, 0.2) is 0 Å². The van der Waals surface area contributed by atoms with Crippen LogP contribution in [0.2, 0.25) is 0 Å². The maximum Gasteiger partial charge on any atom is 0.236 e. The van der Waals surface area contributed by atoms with Gasteiger partial charge in [0.05, 0.1) is 12.3 Å². The molecule has 3 aliphatic rings. The lowest BCUT2D eigenvalue weighted by atomic mass is 9.89. The van der Waals surface area contributed by atoms with Crippen molar-refractivity contribution in [3.63, 3.8) is 0 Å². The molecule has 2 aliphatic carbocycles. The van der Waals surface area contributed by atoms with Crippen LogP contribution in [-0.4, -0.2) is 73.7 Å². The number of piperazine rings is 1. The smallest absolute Gasteiger partial charge is 0.236 e. The van der Waals surface area contributed by atoms with Gasteiger partial charge in [-0.05, 0) is 37.2 Å². The van der Waals surface area contributed by atoms with E-state index in [0.29, 0.717) is 38.8 Å². The summed E-state index contributed by atoms with van der Waals surface area (Å²) < 4.78 is 27.0. The van der Waals surface area contributed by atoms with Crippen LogP contribution in [0.5, 0.6) is 0 Å². The van der Waals surface area contributed by atoms with Crippen molar-refractivity contribution in [3.05, 3.63) is 35.9 Å².